The fourth-order valence-corrected chi connectivity index (χ4v) is 3.21. The summed E-state index contributed by atoms with van der Waals surface area (Å²) in [5, 5.41) is 3.78. The molecule has 1 aliphatic heterocycles. The maximum absolute atomic E-state index is 5.61. The summed E-state index contributed by atoms with van der Waals surface area (Å²) >= 11 is 0. The predicted octanol–water partition coefficient (Wildman–Crippen LogP) is 2.97. The lowest BCUT2D eigenvalue weighted by molar-refractivity contribution is 0.104. The van der Waals surface area contributed by atoms with Crippen molar-refractivity contribution < 1.29 is 4.74 Å². The Balaban J connectivity index is 1.68. The Morgan fingerprint density at radius 3 is 2.81 bits per heavy atom. The van der Waals surface area contributed by atoms with Crippen LogP contribution in [0.4, 0.5) is 0 Å². The van der Waals surface area contributed by atoms with Gasteiger partial charge in [0.2, 0.25) is 0 Å². The Bertz CT molecular complexity index is 207. The normalized spacial score (nSPS) is 40.1. The van der Waals surface area contributed by atoms with E-state index >= 15 is 0 Å². The zero-order valence-electron chi connectivity index (χ0n) is 10.9. The quantitative estimate of drug-likeness (QED) is 0.794. The molecule has 1 aliphatic carbocycles. The molecule has 2 rings (SSSR count). The molecule has 0 aromatic heterocycles. The third-order valence-corrected chi connectivity index (χ3v) is 4.56. The number of hydrogen-bond donors (Lipinski definition) is 1. The molecule has 1 saturated heterocycles. The number of rotatable bonds is 4. The van der Waals surface area contributed by atoms with Gasteiger partial charge in [-0.2, -0.15) is 0 Å². The Morgan fingerprint density at radius 1 is 1.25 bits per heavy atom. The summed E-state index contributed by atoms with van der Waals surface area (Å²) in [6, 6.07) is 0.784. The summed E-state index contributed by atoms with van der Waals surface area (Å²) in [6.45, 7) is 6.69. The van der Waals surface area contributed by atoms with Crippen LogP contribution in [0.2, 0.25) is 0 Å². The SMILES string of the molecule is CCC1CCCC(NCC2CCOC2C)C1. The molecule has 0 radical (unpaired) electrons. The standard InChI is InChI=1S/C14H27NO/c1-3-12-5-4-6-14(9-12)15-10-13-7-8-16-11(13)2/h11-15H,3-10H2,1-2H3. The molecule has 4 unspecified atom stereocenters. The van der Waals surface area contributed by atoms with Crippen LogP contribution in [0.3, 0.4) is 0 Å². The van der Waals surface area contributed by atoms with Gasteiger partial charge in [0, 0.05) is 19.2 Å². The molecule has 16 heavy (non-hydrogen) atoms. The van der Waals surface area contributed by atoms with Gasteiger partial charge >= 0.3 is 0 Å². The fourth-order valence-electron chi connectivity index (χ4n) is 3.21. The highest BCUT2D eigenvalue weighted by molar-refractivity contribution is 4.81. The van der Waals surface area contributed by atoms with E-state index in [9.17, 15) is 0 Å². The molecule has 0 spiro atoms. The average molecular weight is 225 g/mol. The van der Waals surface area contributed by atoms with Gasteiger partial charge in [0.1, 0.15) is 0 Å². The predicted molar refractivity (Wildman–Crippen MR) is 67.6 cm³/mol. The molecule has 1 N–H and O–H groups in total. The van der Waals surface area contributed by atoms with Gasteiger partial charge < -0.3 is 10.1 Å². The van der Waals surface area contributed by atoms with Gasteiger partial charge in [-0.05, 0) is 38.0 Å². The van der Waals surface area contributed by atoms with Crippen molar-refractivity contribution in [2.24, 2.45) is 11.8 Å². The van der Waals surface area contributed by atoms with Gasteiger partial charge in [0.25, 0.3) is 0 Å². The maximum atomic E-state index is 5.61. The first kappa shape index (κ1) is 12.4. The van der Waals surface area contributed by atoms with Crippen LogP contribution in [0, 0.1) is 11.8 Å². The third kappa shape index (κ3) is 3.21. The zero-order valence-corrected chi connectivity index (χ0v) is 10.9. The van der Waals surface area contributed by atoms with Crippen molar-refractivity contribution in [2.75, 3.05) is 13.2 Å². The highest BCUT2D eigenvalue weighted by atomic mass is 16.5. The van der Waals surface area contributed by atoms with Gasteiger partial charge in [0.15, 0.2) is 0 Å². The molecule has 0 aromatic carbocycles. The van der Waals surface area contributed by atoms with E-state index in [1.54, 1.807) is 0 Å². The minimum atomic E-state index is 0.470. The van der Waals surface area contributed by atoms with Crippen LogP contribution in [-0.2, 0) is 4.74 Å². The highest BCUT2D eigenvalue weighted by Crippen LogP contribution is 2.27. The van der Waals surface area contributed by atoms with Crippen molar-refractivity contribution in [3.8, 4) is 0 Å². The molecule has 2 heteroatoms. The van der Waals surface area contributed by atoms with Crippen LogP contribution >= 0.6 is 0 Å². The highest BCUT2D eigenvalue weighted by Gasteiger charge is 2.26. The van der Waals surface area contributed by atoms with Crippen molar-refractivity contribution in [1.82, 2.24) is 5.32 Å². The van der Waals surface area contributed by atoms with Crippen molar-refractivity contribution in [3.05, 3.63) is 0 Å². The third-order valence-electron chi connectivity index (χ3n) is 4.56. The van der Waals surface area contributed by atoms with Gasteiger partial charge in [0.05, 0.1) is 6.10 Å². The van der Waals surface area contributed by atoms with E-state index in [2.05, 4.69) is 19.2 Å². The number of hydrogen-bond acceptors (Lipinski definition) is 2. The molecule has 0 aromatic rings. The monoisotopic (exact) mass is 225 g/mol. The summed E-state index contributed by atoms with van der Waals surface area (Å²) in [5.41, 5.74) is 0. The molecular formula is C14H27NO. The van der Waals surface area contributed by atoms with Gasteiger partial charge in [-0.3, -0.25) is 0 Å². The molecule has 0 bridgehead atoms. The van der Waals surface area contributed by atoms with Crippen molar-refractivity contribution in [1.29, 1.82) is 0 Å². The molecule has 1 heterocycles. The Hall–Kier alpha value is -0.0800. The van der Waals surface area contributed by atoms with Gasteiger partial charge in [-0.15, -0.1) is 0 Å². The number of ether oxygens (including phenoxy) is 1. The molecule has 2 fully saturated rings. The molecule has 0 amide bonds. The second-order valence-corrected chi connectivity index (χ2v) is 5.67. The van der Waals surface area contributed by atoms with Crippen LogP contribution < -0.4 is 5.32 Å². The second kappa shape index (κ2) is 6.02. The Morgan fingerprint density at radius 2 is 2.12 bits per heavy atom. The van der Waals surface area contributed by atoms with Crippen LogP contribution in [0.1, 0.15) is 52.4 Å². The summed E-state index contributed by atoms with van der Waals surface area (Å²) in [5.74, 6) is 1.73. The second-order valence-electron chi connectivity index (χ2n) is 5.67. The van der Waals surface area contributed by atoms with E-state index in [1.165, 1.54) is 45.1 Å². The Kier molecular flexibility index (Phi) is 4.66. The van der Waals surface area contributed by atoms with Crippen molar-refractivity contribution >= 4 is 0 Å². The van der Waals surface area contributed by atoms with Crippen LogP contribution in [-0.4, -0.2) is 25.3 Å². The van der Waals surface area contributed by atoms with E-state index in [-0.39, 0.29) is 0 Å². The lowest BCUT2D eigenvalue weighted by atomic mass is 9.84. The lowest BCUT2D eigenvalue weighted by Gasteiger charge is -2.30. The molecule has 4 atom stereocenters. The van der Waals surface area contributed by atoms with E-state index in [0.29, 0.717) is 6.10 Å². The first-order valence-corrected chi connectivity index (χ1v) is 7.14. The van der Waals surface area contributed by atoms with Crippen molar-refractivity contribution in [2.45, 2.75) is 64.5 Å². The fraction of sp³-hybridized carbons (Fsp3) is 1.00. The van der Waals surface area contributed by atoms with Gasteiger partial charge in [-0.1, -0.05) is 26.2 Å². The average Bonchev–Trinajstić information content (AvgIpc) is 2.72. The maximum Gasteiger partial charge on any atom is 0.0588 e. The van der Waals surface area contributed by atoms with Crippen molar-refractivity contribution in [3.63, 3.8) is 0 Å². The zero-order chi connectivity index (χ0) is 11.4. The van der Waals surface area contributed by atoms with Crippen LogP contribution in [0.15, 0.2) is 0 Å². The first-order valence-electron chi connectivity index (χ1n) is 7.14. The first-order chi connectivity index (χ1) is 7.79. The van der Waals surface area contributed by atoms with Crippen LogP contribution in [0.5, 0.6) is 0 Å². The minimum absolute atomic E-state index is 0.470. The smallest absolute Gasteiger partial charge is 0.0588 e. The minimum Gasteiger partial charge on any atom is -0.378 e. The molecule has 2 aliphatic rings. The van der Waals surface area contributed by atoms with E-state index in [0.717, 1.165) is 24.5 Å². The Labute approximate surface area is 100 Å². The summed E-state index contributed by atoms with van der Waals surface area (Å²) in [6.07, 6.45) is 8.75. The summed E-state index contributed by atoms with van der Waals surface area (Å²) < 4.78 is 5.61. The summed E-state index contributed by atoms with van der Waals surface area (Å²) in [7, 11) is 0. The molecule has 2 nitrogen and oxygen atoms in total. The van der Waals surface area contributed by atoms with Gasteiger partial charge in [-0.25, -0.2) is 0 Å². The lowest BCUT2D eigenvalue weighted by Crippen LogP contribution is -2.38. The van der Waals surface area contributed by atoms with Crippen LogP contribution in [0.25, 0.3) is 0 Å². The summed E-state index contributed by atoms with van der Waals surface area (Å²) in [4.78, 5) is 0. The molecule has 94 valence electrons. The largest absolute Gasteiger partial charge is 0.378 e. The van der Waals surface area contributed by atoms with E-state index in [1.807, 2.05) is 0 Å². The topological polar surface area (TPSA) is 21.3 Å². The van der Waals surface area contributed by atoms with E-state index < -0.39 is 0 Å². The number of nitrogens with one attached hydrogen (secondary N) is 1. The molecule has 1 saturated carbocycles. The molecular weight excluding hydrogens is 198 g/mol. The van der Waals surface area contributed by atoms with E-state index in [4.69, 9.17) is 4.74 Å².